The highest BCUT2D eigenvalue weighted by atomic mass is 16.5. The fraction of sp³-hybridized carbons (Fsp3) is 0.200. The molecule has 0 spiro atoms. The van der Waals surface area contributed by atoms with Gasteiger partial charge in [-0.3, -0.25) is 4.79 Å². The highest BCUT2D eigenvalue weighted by Crippen LogP contribution is 2.02. The Morgan fingerprint density at radius 1 is 1.38 bits per heavy atom. The van der Waals surface area contributed by atoms with Crippen LogP contribution in [0.1, 0.15) is 17.3 Å². The van der Waals surface area contributed by atoms with Crippen LogP contribution < -0.4 is 0 Å². The van der Waals surface area contributed by atoms with Crippen molar-refractivity contribution >= 4 is 12.3 Å². The van der Waals surface area contributed by atoms with Gasteiger partial charge in [0.15, 0.2) is 12.4 Å². The summed E-state index contributed by atoms with van der Waals surface area (Å²) in [5.74, 6) is -0.472. The van der Waals surface area contributed by atoms with E-state index in [0.717, 1.165) is 0 Å². The molecule has 1 rings (SSSR count). The van der Waals surface area contributed by atoms with Crippen LogP contribution in [0.25, 0.3) is 0 Å². The lowest BCUT2D eigenvalue weighted by molar-refractivity contribution is -0.114. The summed E-state index contributed by atoms with van der Waals surface area (Å²) in [7, 11) is 0. The molecule has 0 aliphatic carbocycles. The minimum Gasteiger partial charge on any atom is -0.451 e. The maximum atomic E-state index is 11.2. The molecule has 0 unspecified atom stereocenters. The fourth-order valence-corrected chi connectivity index (χ4v) is 0.839. The van der Waals surface area contributed by atoms with E-state index < -0.39 is 12.1 Å². The summed E-state index contributed by atoms with van der Waals surface area (Å²) in [5.41, 5.74) is 0.455. The number of esters is 1. The van der Waals surface area contributed by atoms with Crippen molar-refractivity contribution in [3.63, 3.8) is 0 Å². The van der Waals surface area contributed by atoms with Gasteiger partial charge in [-0.25, -0.2) is 4.79 Å². The molecular weight excluding hydrogens is 168 g/mol. The van der Waals surface area contributed by atoms with E-state index in [4.69, 9.17) is 4.74 Å². The van der Waals surface area contributed by atoms with Gasteiger partial charge in [-0.1, -0.05) is 18.2 Å². The number of hydrogen-bond acceptors (Lipinski definition) is 3. The Balaban J connectivity index is 2.64. The number of benzene rings is 1. The molecule has 0 aliphatic heterocycles. The van der Waals surface area contributed by atoms with Gasteiger partial charge in [-0.15, -0.1) is 0 Å². The number of aldehydes is 1. The van der Waals surface area contributed by atoms with Crippen LogP contribution in [-0.2, 0) is 9.53 Å². The van der Waals surface area contributed by atoms with E-state index in [-0.39, 0.29) is 0 Å². The molecule has 1 aromatic carbocycles. The summed E-state index contributed by atoms with van der Waals surface area (Å²) in [5, 5.41) is 0. The van der Waals surface area contributed by atoms with Crippen molar-refractivity contribution in [2.24, 2.45) is 0 Å². The minimum absolute atomic E-state index is 0.455. The molecule has 1 atom stereocenters. The van der Waals surface area contributed by atoms with Crippen molar-refractivity contribution in [1.29, 1.82) is 0 Å². The highest BCUT2D eigenvalue weighted by Gasteiger charge is 2.09. The Labute approximate surface area is 76.3 Å². The first-order valence-electron chi connectivity index (χ1n) is 3.95. The molecule has 68 valence electrons. The number of carbonyl (C=O) groups excluding carboxylic acids is 2. The Morgan fingerprint density at radius 2 is 2.00 bits per heavy atom. The molecule has 0 saturated heterocycles. The molecule has 0 bridgehead atoms. The molecular formula is C10H10O3. The van der Waals surface area contributed by atoms with Crippen LogP contribution in [0.5, 0.6) is 0 Å². The van der Waals surface area contributed by atoms with Gasteiger partial charge in [0.05, 0.1) is 5.56 Å². The molecule has 0 aromatic heterocycles. The highest BCUT2D eigenvalue weighted by molar-refractivity contribution is 5.90. The van der Waals surface area contributed by atoms with Gasteiger partial charge in [0.1, 0.15) is 0 Å². The monoisotopic (exact) mass is 178 g/mol. The molecule has 0 fully saturated rings. The maximum Gasteiger partial charge on any atom is 0.338 e. The van der Waals surface area contributed by atoms with Gasteiger partial charge >= 0.3 is 5.97 Å². The lowest BCUT2D eigenvalue weighted by atomic mass is 10.2. The van der Waals surface area contributed by atoms with Crippen LogP contribution in [0.4, 0.5) is 0 Å². The number of carbonyl (C=O) groups is 2. The SMILES string of the molecule is C[C@H](C=O)OC(=O)c1ccccc1. The Kier molecular flexibility index (Phi) is 3.20. The van der Waals surface area contributed by atoms with E-state index in [1.54, 1.807) is 30.3 Å². The van der Waals surface area contributed by atoms with Crippen molar-refractivity contribution in [2.75, 3.05) is 0 Å². The third kappa shape index (κ3) is 2.71. The third-order valence-corrected chi connectivity index (χ3v) is 1.49. The maximum absolute atomic E-state index is 11.2. The Morgan fingerprint density at radius 3 is 2.54 bits per heavy atom. The molecule has 3 nitrogen and oxygen atoms in total. The van der Waals surface area contributed by atoms with Crippen LogP contribution in [0, 0.1) is 0 Å². The zero-order chi connectivity index (χ0) is 9.68. The normalized spacial score (nSPS) is 11.8. The van der Waals surface area contributed by atoms with Gasteiger partial charge < -0.3 is 4.74 Å². The molecule has 0 aliphatic rings. The number of ether oxygens (including phenoxy) is 1. The van der Waals surface area contributed by atoms with Gasteiger partial charge in [0.2, 0.25) is 0 Å². The van der Waals surface area contributed by atoms with E-state index in [0.29, 0.717) is 11.8 Å². The van der Waals surface area contributed by atoms with Crippen molar-refractivity contribution in [2.45, 2.75) is 13.0 Å². The quantitative estimate of drug-likeness (QED) is 0.519. The molecule has 13 heavy (non-hydrogen) atoms. The van der Waals surface area contributed by atoms with Crippen molar-refractivity contribution in [1.82, 2.24) is 0 Å². The zero-order valence-electron chi connectivity index (χ0n) is 7.27. The summed E-state index contributed by atoms with van der Waals surface area (Å²) in [4.78, 5) is 21.4. The van der Waals surface area contributed by atoms with Crippen LogP contribution in [-0.4, -0.2) is 18.4 Å². The average Bonchev–Trinajstić information content (AvgIpc) is 2.19. The molecule has 0 heterocycles. The van der Waals surface area contributed by atoms with Crippen LogP contribution >= 0.6 is 0 Å². The second-order valence-corrected chi connectivity index (χ2v) is 2.61. The van der Waals surface area contributed by atoms with Gasteiger partial charge in [-0.2, -0.15) is 0 Å². The standard InChI is InChI=1S/C10H10O3/c1-8(7-11)13-10(12)9-5-3-2-4-6-9/h2-8H,1H3/t8-/m1/s1. The first-order valence-corrected chi connectivity index (χ1v) is 3.95. The van der Waals surface area contributed by atoms with Crippen LogP contribution in [0.15, 0.2) is 30.3 Å². The third-order valence-electron chi connectivity index (χ3n) is 1.49. The van der Waals surface area contributed by atoms with E-state index >= 15 is 0 Å². The fourth-order valence-electron chi connectivity index (χ4n) is 0.839. The molecule has 0 amide bonds. The first kappa shape index (κ1) is 9.45. The Bertz CT molecular complexity index is 292. The topological polar surface area (TPSA) is 43.4 Å². The van der Waals surface area contributed by atoms with E-state index in [1.165, 1.54) is 6.92 Å². The first-order chi connectivity index (χ1) is 6.24. The molecule has 0 radical (unpaired) electrons. The van der Waals surface area contributed by atoms with Crippen molar-refractivity contribution in [3.05, 3.63) is 35.9 Å². The summed E-state index contributed by atoms with van der Waals surface area (Å²) in [6.07, 6.45) is -0.103. The van der Waals surface area contributed by atoms with E-state index in [1.807, 2.05) is 0 Å². The predicted octanol–water partition coefficient (Wildman–Crippen LogP) is 1.43. The van der Waals surface area contributed by atoms with Crippen molar-refractivity contribution in [3.8, 4) is 0 Å². The summed E-state index contributed by atoms with van der Waals surface area (Å²) in [6, 6.07) is 8.56. The number of hydrogen-bond donors (Lipinski definition) is 0. The largest absolute Gasteiger partial charge is 0.451 e. The van der Waals surface area contributed by atoms with E-state index in [9.17, 15) is 9.59 Å². The van der Waals surface area contributed by atoms with Gasteiger partial charge in [-0.05, 0) is 19.1 Å². The lowest BCUT2D eigenvalue weighted by Crippen LogP contribution is -2.15. The summed E-state index contributed by atoms with van der Waals surface area (Å²) >= 11 is 0. The Hall–Kier alpha value is -1.64. The second kappa shape index (κ2) is 4.40. The number of rotatable bonds is 3. The minimum atomic E-state index is -0.687. The molecule has 0 saturated carbocycles. The van der Waals surface area contributed by atoms with Crippen molar-refractivity contribution < 1.29 is 14.3 Å². The summed E-state index contributed by atoms with van der Waals surface area (Å²) in [6.45, 7) is 1.52. The predicted molar refractivity (Wildman–Crippen MR) is 47.4 cm³/mol. The molecule has 0 N–H and O–H groups in total. The summed E-state index contributed by atoms with van der Waals surface area (Å²) < 4.78 is 4.78. The molecule has 1 aromatic rings. The van der Waals surface area contributed by atoms with Gasteiger partial charge in [0.25, 0.3) is 0 Å². The molecule has 3 heteroatoms. The smallest absolute Gasteiger partial charge is 0.338 e. The van der Waals surface area contributed by atoms with Gasteiger partial charge in [0, 0.05) is 0 Å². The van der Waals surface area contributed by atoms with Crippen LogP contribution in [0.2, 0.25) is 0 Å². The lowest BCUT2D eigenvalue weighted by Gasteiger charge is -2.05. The average molecular weight is 178 g/mol. The van der Waals surface area contributed by atoms with Crippen LogP contribution in [0.3, 0.4) is 0 Å². The second-order valence-electron chi connectivity index (χ2n) is 2.61. The zero-order valence-corrected chi connectivity index (χ0v) is 7.27. The van der Waals surface area contributed by atoms with E-state index in [2.05, 4.69) is 0 Å².